The van der Waals surface area contributed by atoms with Crippen molar-refractivity contribution in [2.45, 2.75) is 17.8 Å². The Morgan fingerprint density at radius 2 is 1.93 bits per heavy atom. The van der Waals surface area contributed by atoms with Crippen molar-refractivity contribution < 1.29 is 0 Å². The maximum absolute atomic E-state index is 13.1. The van der Waals surface area contributed by atoms with E-state index in [9.17, 15) is 4.79 Å². The molecule has 2 heterocycles. The van der Waals surface area contributed by atoms with Gasteiger partial charge in [0, 0.05) is 17.0 Å². The maximum Gasteiger partial charge on any atom is 0.267 e. The Labute approximate surface area is 165 Å². The minimum atomic E-state index is -0.120. The summed E-state index contributed by atoms with van der Waals surface area (Å²) < 4.78 is 1.58. The van der Waals surface area contributed by atoms with E-state index >= 15 is 0 Å². The van der Waals surface area contributed by atoms with Crippen LogP contribution in [-0.2, 0) is 5.75 Å². The Morgan fingerprint density at radius 1 is 1.07 bits per heavy atom. The van der Waals surface area contributed by atoms with Crippen LogP contribution in [0.2, 0.25) is 5.02 Å². The minimum Gasteiger partial charge on any atom is -0.268 e. The number of hydrogen-bond donors (Lipinski definition) is 0. The van der Waals surface area contributed by atoms with E-state index in [-0.39, 0.29) is 5.56 Å². The number of para-hydroxylation sites is 1. The first kappa shape index (κ1) is 17.8. The van der Waals surface area contributed by atoms with Gasteiger partial charge in [-0.15, -0.1) is 0 Å². The van der Waals surface area contributed by atoms with Crippen LogP contribution >= 0.6 is 23.4 Å². The number of aryl methyl sites for hydroxylation is 1. The number of benzene rings is 2. The fraction of sp³-hybridized carbons (Fsp3) is 0.0952. The predicted molar refractivity (Wildman–Crippen MR) is 111 cm³/mol. The highest BCUT2D eigenvalue weighted by atomic mass is 35.5. The Morgan fingerprint density at radius 3 is 2.70 bits per heavy atom. The third-order valence-electron chi connectivity index (χ3n) is 4.13. The summed E-state index contributed by atoms with van der Waals surface area (Å²) in [5.41, 5.74) is 2.66. The van der Waals surface area contributed by atoms with Crippen molar-refractivity contribution in [3.05, 3.63) is 93.4 Å². The number of hydrogen-bond acceptors (Lipinski definition) is 4. The summed E-state index contributed by atoms with van der Waals surface area (Å²) in [4.78, 5) is 22.3. The van der Waals surface area contributed by atoms with E-state index < -0.39 is 0 Å². The molecule has 0 N–H and O–H groups in total. The topological polar surface area (TPSA) is 47.8 Å². The van der Waals surface area contributed by atoms with Crippen molar-refractivity contribution in [3.63, 3.8) is 0 Å². The molecule has 0 atom stereocenters. The lowest BCUT2D eigenvalue weighted by Gasteiger charge is -2.12. The normalized spacial score (nSPS) is 11.0. The van der Waals surface area contributed by atoms with Gasteiger partial charge in [0.2, 0.25) is 0 Å². The molecule has 134 valence electrons. The summed E-state index contributed by atoms with van der Waals surface area (Å²) in [5, 5.41) is 1.87. The van der Waals surface area contributed by atoms with Gasteiger partial charge in [-0.05, 0) is 48.4 Å². The molecule has 0 spiro atoms. The molecule has 4 nitrogen and oxygen atoms in total. The van der Waals surface area contributed by atoms with E-state index in [1.165, 1.54) is 11.8 Å². The van der Waals surface area contributed by atoms with Crippen LogP contribution in [0.15, 0.2) is 76.8 Å². The summed E-state index contributed by atoms with van der Waals surface area (Å²) in [7, 11) is 0. The van der Waals surface area contributed by atoms with Gasteiger partial charge in [0.15, 0.2) is 5.16 Å². The number of rotatable bonds is 4. The van der Waals surface area contributed by atoms with Crippen LogP contribution in [0.5, 0.6) is 0 Å². The molecule has 6 heteroatoms. The van der Waals surface area contributed by atoms with E-state index in [1.54, 1.807) is 16.8 Å². The van der Waals surface area contributed by atoms with Crippen LogP contribution in [0.1, 0.15) is 11.1 Å². The number of aromatic nitrogens is 3. The van der Waals surface area contributed by atoms with Gasteiger partial charge in [0.1, 0.15) is 5.82 Å². The van der Waals surface area contributed by atoms with Crippen LogP contribution < -0.4 is 5.56 Å². The lowest BCUT2D eigenvalue weighted by Crippen LogP contribution is -2.22. The van der Waals surface area contributed by atoms with E-state index in [0.29, 0.717) is 32.7 Å². The molecule has 4 aromatic rings. The molecular formula is C21H16ClN3OS. The molecule has 0 saturated heterocycles. The number of thioether (sulfide) groups is 1. The molecule has 0 fully saturated rings. The van der Waals surface area contributed by atoms with Gasteiger partial charge >= 0.3 is 0 Å². The first-order valence-electron chi connectivity index (χ1n) is 8.44. The third-order valence-corrected chi connectivity index (χ3v) is 5.37. The second-order valence-corrected chi connectivity index (χ2v) is 7.54. The van der Waals surface area contributed by atoms with Crippen LogP contribution in [0, 0.1) is 6.92 Å². The van der Waals surface area contributed by atoms with Crippen LogP contribution in [0.4, 0.5) is 0 Å². The summed E-state index contributed by atoms with van der Waals surface area (Å²) in [6.07, 6.45) is 1.75. The van der Waals surface area contributed by atoms with Gasteiger partial charge < -0.3 is 0 Å². The molecule has 4 rings (SSSR count). The standard InChI is InChI=1S/C21H16ClN3OS/c1-14-9-10-19(23-12-14)25-20(26)17-7-2-3-8-18(17)24-21(25)27-13-15-5-4-6-16(22)11-15/h2-12H,13H2,1H3. The largest absolute Gasteiger partial charge is 0.268 e. The van der Waals surface area contributed by atoms with Crippen molar-refractivity contribution in [1.29, 1.82) is 0 Å². The molecule has 0 unspecified atom stereocenters. The Hall–Kier alpha value is -2.63. The lowest BCUT2D eigenvalue weighted by molar-refractivity contribution is 0.794. The van der Waals surface area contributed by atoms with Crippen LogP contribution in [0.3, 0.4) is 0 Å². The molecule has 0 saturated carbocycles. The summed E-state index contributed by atoms with van der Waals surface area (Å²) in [5.74, 6) is 1.22. The second kappa shape index (κ2) is 7.55. The maximum atomic E-state index is 13.1. The highest BCUT2D eigenvalue weighted by Gasteiger charge is 2.14. The van der Waals surface area contributed by atoms with Gasteiger partial charge in [-0.2, -0.15) is 0 Å². The van der Waals surface area contributed by atoms with Gasteiger partial charge in [-0.3, -0.25) is 4.79 Å². The Kier molecular flexibility index (Phi) is 4.97. The highest BCUT2D eigenvalue weighted by Crippen LogP contribution is 2.25. The Bertz CT molecular complexity index is 1170. The minimum absolute atomic E-state index is 0.120. The van der Waals surface area contributed by atoms with Crippen LogP contribution in [-0.4, -0.2) is 14.5 Å². The van der Waals surface area contributed by atoms with E-state index in [2.05, 4.69) is 4.98 Å². The van der Waals surface area contributed by atoms with Crippen molar-refractivity contribution in [3.8, 4) is 5.82 Å². The smallest absolute Gasteiger partial charge is 0.267 e. The number of pyridine rings is 1. The molecule has 2 aromatic heterocycles. The summed E-state index contributed by atoms with van der Waals surface area (Å²) >= 11 is 7.57. The molecule has 0 bridgehead atoms. The van der Waals surface area contributed by atoms with Gasteiger partial charge in [0.05, 0.1) is 10.9 Å². The zero-order valence-electron chi connectivity index (χ0n) is 14.6. The molecule has 0 aliphatic heterocycles. The average Bonchev–Trinajstić information content (AvgIpc) is 2.68. The molecule has 2 aromatic carbocycles. The quantitative estimate of drug-likeness (QED) is 0.360. The monoisotopic (exact) mass is 393 g/mol. The zero-order chi connectivity index (χ0) is 18.8. The highest BCUT2D eigenvalue weighted by molar-refractivity contribution is 7.98. The van der Waals surface area contributed by atoms with Crippen LogP contribution in [0.25, 0.3) is 16.7 Å². The average molecular weight is 394 g/mol. The van der Waals surface area contributed by atoms with Gasteiger partial charge in [0.25, 0.3) is 5.56 Å². The molecule has 0 aliphatic rings. The predicted octanol–water partition coefficient (Wildman–Crippen LogP) is 5.03. The second-order valence-electron chi connectivity index (χ2n) is 6.16. The van der Waals surface area contributed by atoms with Crippen molar-refractivity contribution in [2.75, 3.05) is 0 Å². The molecular weight excluding hydrogens is 378 g/mol. The lowest BCUT2D eigenvalue weighted by atomic mass is 10.2. The first-order valence-corrected chi connectivity index (χ1v) is 9.80. The summed E-state index contributed by atoms with van der Waals surface area (Å²) in [6.45, 7) is 1.97. The fourth-order valence-corrected chi connectivity index (χ4v) is 3.93. The Balaban J connectivity index is 1.83. The first-order chi connectivity index (χ1) is 13.1. The zero-order valence-corrected chi connectivity index (χ0v) is 16.2. The van der Waals surface area contributed by atoms with Gasteiger partial charge in [-0.25, -0.2) is 14.5 Å². The summed E-state index contributed by atoms with van der Waals surface area (Å²) in [6, 6.07) is 18.8. The fourth-order valence-electron chi connectivity index (χ4n) is 2.78. The van der Waals surface area contributed by atoms with E-state index in [0.717, 1.165) is 11.1 Å². The number of halogens is 1. The number of nitrogens with zero attached hydrogens (tertiary/aromatic N) is 3. The molecule has 0 radical (unpaired) electrons. The van der Waals surface area contributed by atoms with E-state index in [1.807, 2.05) is 61.5 Å². The van der Waals surface area contributed by atoms with E-state index in [4.69, 9.17) is 16.6 Å². The van der Waals surface area contributed by atoms with Crippen molar-refractivity contribution in [2.24, 2.45) is 0 Å². The molecule has 0 aliphatic carbocycles. The number of fused-ring (bicyclic) bond motifs is 1. The molecule has 27 heavy (non-hydrogen) atoms. The van der Waals surface area contributed by atoms with Gasteiger partial charge in [-0.1, -0.05) is 53.7 Å². The van der Waals surface area contributed by atoms with Crippen molar-refractivity contribution in [1.82, 2.24) is 14.5 Å². The molecule has 0 amide bonds. The van der Waals surface area contributed by atoms with Crippen molar-refractivity contribution >= 4 is 34.3 Å². The SMILES string of the molecule is Cc1ccc(-n2c(SCc3cccc(Cl)c3)nc3ccccc3c2=O)nc1. The third kappa shape index (κ3) is 3.75.